The Morgan fingerprint density at radius 2 is 1.78 bits per heavy atom. The molecule has 0 saturated carbocycles. The summed E-state index contributed by atoms with van der Waals surface area (Å²) in [7, 11) is 1.67. The van der Waals surface area contributed by atoms with E-state index >= 15 is 0 Å². The molecule has 0 aliphatic carbocycles. The number of allylic oxidation sites excluding steroid dienone is 1. The number of aryl methyl sites for hydroxylation is 2. The van der Waals surface area contributed by atoms with Gasteiger partial charge in [-0.05, 0) is 36.2 Å². The Hall–Kier alpha value is -3.39. The number of aromatic nitrogens is 4. The minimum absolute atomic E-state index is 0.202. The van der Waals surface area contributed by atoms with E-state index in [1.807, 2.05) is 71.3 Å². The van der Waals surface area contributed by atoms with Gasteiger partial charge in [0.15, 0.2) is 11.2 Å². The Morgan fingerprint density at radius 3 is 2.53 bits per heavy atom. The molecule has 0 fully saturated rings. The molecule has 3 heterocycles. The smallest absolute Gasteiger partial charge is 0.312 e. The third-order valence-corrected chi connectivity index (χ3v) is 6.28. The summed E-state index contributed by atoms with van der Waals surface area (Å²) in [5.41, 5.74) is 2.23. The highest BCUT2D eigenvalue weighted by Crippen LogP contribution is 2.31. The molecule has 0 amide bonds. The van der Waals surface area contributed by atoms with Gasteiger partial charge in [-0.15, -0.1) is 0 Å². The first-order valence-electron chi connectivity index (χ1n) is 10.5. The minimum atomic E-state index is -0.370. The molecule has 0 saturated heterocycles. The standard InChI is InChI=1S/C24H22BrN5O2/c1-27-21-20(22(31)30(24(27)32)14-5-9-17-7-3-2-4-8-17)29-16-6-15-28(23(29)26-21)19-12-10-18(25)11-13-19/h2-5,7-13H,6,14-16H2,1H3/b9-5+. The van der Waals surface area contributed by atoms with E-state index in [0.717, 1.165) is 28.7 Å². The Balaban J connectivity index is 1.60. The number of benzene rings is 2. The first kappa shape index (κ1) is 20.5. The van der Waals surface area contributed by atoms with Gasteiger partial charge in [0.25, 0.3) is 5.56 Å². The highest BCUT2D eigenvalue weighted by atomic mass is 79.9. The number of imidazole rings is 1. The Labute approximate surface area is 193 Å². The van der Waals surface area contributed by atoms with Crippen LogP contribution in [-0.2, 0) is 20.1 Å². The third kappa shape index (κ3) is 3.50. The predicted octanol–water partition coefficient (Wildman–Crippen LogP) is 3.91. The predicted molar refractivity (Wildman–Crippen MR) is 130 cm³/mol. The van der Waals surface area contributed by atoms with Gasteiger partial charge in [0.05, 0.1) is 0 Å². The molecule has 0 unspecified atom stereocenters. The Morgan fingerprint density at radius 1 is 1.03 bits per heavy atom. The van der Waals surface area contributed by atoms with Crippen molar-refractivity contribution in [3.63, 3.8) is 0 Å². The van der Waals surface area contributed by atoms with E-state index in [9.17, 15) is 9.59 Å². The van der Waals surface area contributed by atoms with Gasteiger partial charge in [-0.2, -0.15) is 4.98 Å². The largest absolute Gasteiger partial charge is 0.332 e. The van der Waals surface area contributed by atoms with Crippen LogP contribution in [0.1, 0.15) is 12.0 Å². The average molecular weight is 492 g/mol. The van der Waals surface area contributed by atoms with Crippen molar-refractivity contribution in [1.29, 1.82) is 0 Å². The summed E-state index contributed by atoms with van der Waals surface area (Å²) in [5, 5.41) is 0. The number of halogens is 1. The van der Waals surface area contributed by atoms with Gasteiger partial charge in [0, 0.05) is 36.8 Å². The van der Waals surface area contributed by atoms with E-state index in [0.29, 0.717) is 23.7 Å². The van der Waals surface area contributed by atoms with Gasteiger partial charge in [-0.1, -0.05) is 58.4 Å². The summed E-state index contributed by atoms with van der Waals surface area (Å²) in [4.78, 5) is 33.2. The van der Waals surface area contributed by atoms with Crippen LogP contribution in [0.15, 0.2) is 74.7 Å². The zero-order valence-corrected chi connectivity index (χ0v) is 19.2. The Bertz CT molecular complexity index is 1430. The molecule has 32 heavy (non-hydrogen) atoms. The molecule has 5 rings (SSSR count). The van der Waals surface area contributed by atoms with Crippen molar-refractivity contribution in [2.75, 3.05) is 11.4 Å². The van der Waals surface area contributed by atoms with Crippen LogP contribution in [0.4, 0.5) is 11.6 Å². The molecular weight excluding hydrogens is 470 g/mol. The molecule has 0 radical (unpaired) electrons. The second-order valence-electron chi connectivity index (χ2n) is 7.79. The number of rotatable bonds is 4. The fourth-order valence-corrected chi connectivity index (χ4v) is 4.41. The van der Waals surface area contributed by atoms with Crippen LogP contribution in [0.3, 0.4) is 0 Å². The first-order valence-corrected chi connectivity index (χ1v) is 11.3. The molecule has 0 bridgehead atoms. The summed E-state index contributed by atoms with van der Waals surface area (Å²) in [6, 6.07) is 17.8. The van der Waals surface area contributed by atoms with Gasteiger partial charge in [0.2, 0.25) is 5.95 Å². The maximum Gasteiger partial charge on any atom is 0.332 e. The van der Waals surface area contributed by atoms with Gasteiger partial charge in [-0.25, -0.2) is 4.79 Å². The average Bonchev–Trinajstić information content (AvgIpc) is 3.21. The van der Waals surface area contributed by atoms with Crippen molar-refractivity contribution in [2.45, 2.75) is 19.5 Å². The highest BCUT2D eigenvalue weighted by molar-refractivity contribution is 9.10. The fraction of sp³-hybridized carbons (Fsp3) is 0.208. The van der Waals surface area contributed by atoms with E-state index < -0.39 is 0 Å². The van der Waals surface area contributed by atoms with Crippen molar-refractivity contribution >= 4 is 44.8 Å². The van der Waals surface area contributed by atoms with Crippen LogP contribution in [0, 0.1) is 0 Å². The number of hydrogen-bond acceptors (Lipinski definition) is 4. The molecule has 4 aromatic rings. The van der Waals surface area contributed by atoms with Crippen molar-refractivity contribution in [2.24, 2.45) is 7.05 Å². The van der Waals surface area contributed by atoms with Crippen LogP contribution in [0.5, 0.6) is 0 Å². The lowest BCUT2D eigenvalue weighted by molar-refractivity contribution is 0.598. The maximum atomic E-state index is 13.4. The van der Waals surface area contributed by atoms with E-state index in [1.165, 1.54) is 9.13 Å². The lowest BCUT2D eigenvalue weighted by Crippen LogP contribution is -2.39. The number of nitrogens with zero attached hydrogens (tertiary/aromatic N) is 5. The van der Waals surface area contributed by atoms with E-state index in [1.54, 1.807) is 7.05 Å². The monoisotopic (exact) mass is 491 g/mol. The van der Waals surface area contributed by atoms with E-state index in [4.69, 9.17) is 4.98 Å². The number of hydrogen-bond donors (Lipinski definition) is 0. The van der Waals surface area contributed by atoms with Crippen LogP contribution < -0.4 is 16.1 Å². The van der Waals surface area contributed by atoms with E-state index in [-0.39, 0.29) is 17.8 Å². The van der Waals surface area contributed by atoms with E-state index in [2.05, 4.69) is 20.8 Å². The number of fused-ring (bicyclic) bond motifs is 3. The summed E-state index contributed by atoms with van der Waals surface area (Å²) in [6.45, 7) is 1.69. The molecule has 162 valence electrons. The van der Waals surface area contributed by atoms with Gasteiger partial charge in [-0.3, -0.25) is 13.9 Å². The molecule has 0 atom stereocenters. The molecule has 2 aromatic heterocycles. The molecule has 1 aliphatic heterocycles. The minimum Gasteiger partial charge on any atom is -0.312 e. The zero-order chi connectivity index (χ0) is 22.2. The van der Waals surface area contributed by atoms with Crippen LogP contribution >= 0.6 is 15.9 Å². The summed E-state index contributed by atoms with van der Waals surface area (Å²) >= 11 is 3.47. The van der Waals surface area contributed by atoms with Gasteiger partial charge < -0.3 is 9.47 Å². The van der Waals surface area contributed by atoms with Crippen molar-refractivity contribution in [3.8, 4) is 0 Å². The van der Waals surface area contributed by atoms with Crippen molar-refractivity contribution < 1.29 is 0 Å². The van der Waals surface area contributed by atoms with Crippen LogP contribution in [-0.4, -0.2) is 25.2 Å². The molecule has 1 aliphatic rings. The molecule has 7 nitrogen and oxygen atoms in total. The second kappa shape index (κ2) is 8.27. The van der Waals surface area contributed by atoms with Crippen molar-refractivity contribution in [3.05, 3.63) is 91.5 Å². The Kier molecular flexibility index (Phi) is 5.30. The van der Waals surface area contributed by atoms with Gasteiger partial charge >= 0.3 is 5.69 Å². The molecular formula is C24H22BrN5O2. The summed E-state index contributed by atoms with van der Waals surface area (Å²) in [6.07, 6.45) is 4.63. The molecule has 8 heteroatoms. The second-order valence-corrected chi connectivity index (χ2v) is 8.70. The lowest BCUT2D eigenvalue weighted by atomic mass is 10.2. The summed E-state index contributed by atoms with van der Waals surface area (Å²) in [5.74, 6) is 0.693. The van der Waals surface area contributed by atoms with Crippen LogP contribution in [0.2, 0.25) is 0 Å². The van der Waals surface area contributed by atoms with Gasteiger partial charge in [0.1, 0.15) is 0 Å². The lowest BCUT2D eigenvalue weighted by Gasteiger charge is -2.29. The fourth-order valence-electron chi connectivity index (χ4n) is 4.15. The SMILES string of the molecule is Cn1c(=O)n(C/C=C/c2ccccc2)c(=O)c2c1nc1n2CCCN1c1ccc(Br)cc1. The molecule has 0 spiro atoms. The normalized spacial score (nSPS) is 13.8. The molecule has 2 aromatic carbocycles. The highest BCUT2D eigenvalue weighted by Gasteiger charge is 2.26. The maximum absolute atomic E-state index is 13.4. The zero-order valence-electron chi connectivity index (χ0n) is 17.6. The van der Waals surface area contributed by atoms with Crippen molar-refractivity contribution in [1.82, 2.24) is 18.7 Å². The topological polar surface area (TPSA) is 65.1 Å². The molecule has 0 N–H and O–H groups in total. The summed E-state index contributed by atoms with van der Waals surface area (Å²) < 4.78 is 5.69. The first-order chi connectivity index (χ1) is 15.5. The third-order valence-electron chi connectivity index (χ3n) is 5.75. The quantitative estimate of drug-likeness (QED) is 0.434. The van der Waals surface area contributed by atoms with Crippen LogP contribution in [0.25, 0.3) is 17.2 Å². The number of anilines is 2.